The second-order valence-corrected chi connectivity index (χ2v) is 10.8. The highest BCUT2D eigenvalue weighted by Crippen LogP contribution is 2.61. The van der Waals surface area contributed by atoms with Crippen molar-refractivity contribution in [2.75, 3.05) is 13.2 Å². The van der Waals surface area contributed by atoms with E-state index in [1.54, 1.807) is 12.1 Å². The number of nitrogens with one attached hydrogen (secondary N) is 1. The lowest BCUT2D eigenvalue weighted by Gasteiger charge is -2.59. The maximum absolute atomic E-state index is 12.5. The summed E-state index contributed by atoms with van der Waals surface area (Å²) in [7, 11) is 0. The molecule has 0 radical (unpaired) electrons. The van der Waals surface area contributed by atoms with Crippen molar-refractivity contribution < 1.29 is 19.1 Å². The number of carbonyl (C=O) groups excluding carboxylic acids is 3. The fraction of sp³-hybridized carbons (Fsp3) is 0.654. The van der Waals surface area contributed by atoms with Crippen LogP contribution in [0.1, 0.15) is 74.2 Å². The lowest BCUT2D eigenvalue weighted by molar-refractivity contribution is -0.129. The number of carbonyl (C=O) groups is 3. The average molecular weight is 439 g/mol. The van der Waals surface area contributed by atoms with E-state index in [9.17, 15) is 14.4 Å². The van der Waals surface area contributed by atoms with Crippen LogP contribution >= 0.6 is 0 Å². The molecule has 6 heteroatoms. The minimum Gasteiger partial charge on any atom is -0.452 e. The van der Waals surface area contributed by atoms with Gasteiger partial charge in [0.05, 0.1) is 5.56 Å². The largest absolute Gasteiger partial charge is 0.452 e. The van der Waals surface area contributed by atoms with E-state index in [0.717, 1.165) is 36.3 Å². The van der Waals surface area contributed by atoms with Crippen LogP contribution in [0.4, 0.5) is 0 Å². The molecule has 5 fully saturated rings. The third-order valence-corrected chi connectivity index (χ3v) is 8.45. The molecule has 1 N–H and O–H groups in total. The summed E-state index contributed by atoms with van der Waals surface area (Å²) < 4.78 is 5.28. The Morgan fingerprint density at radius 3 is 2.28 bits per heavy atom. The summed E-state index contributed by atoms with van der Waals surface area (Å²) in [6.45, 7) is 3.24. The first-order chi connectivity index (χ1) is 15.4. The molecular formula is C26H34N2O4. The highest BCUT2D eigenvalue weighted by Gasteiger charge is 2.53. The number of hydrogen-bond acceptors (Lipinski definition) is 4. The van der Waals surface area contributed by atoms with E-state index in [1.165, 1.54) is 38.5 Å². The quantitative estimate of drug-likeness (QED) is 0.659. The van der Waals surface area contributed by atoms with Gasteiger partial charge in [-0.15, -0.1) is 0 Å². The Morgan fingerprint density at radius 1 is 1.09 bits per heavy atom. The van der Waals surface area contributed by atoms with Crippen LogP contribution in [0.2, 0.25) is 0 Å². The first-order valence-electron chi connectivity index (χ1n) is 12.2. The fourth-order valence-electron chi connectivity index (χ4n) is 7.20. The number of likely N-dealkylation sites (tertiary alicyclic amines) is 1. The lowest BCUT2D eigenvalue weighted by Crippen LogP contribution is -2.56. The van der Waals surface area contributed by atoms with Gasteiger partial charge in [0.2, 0.25) is 5.91 Å². The van der Waals surface area contributed by atoms with Gasteiger partial charge >= 0.3 is 5.97 Å². The molecule has 6 nitrogen and oxygen atoms in total. The van der Waals surface area contributed by atoms with Gasteiger partial charge in [0.25, 0.3) is 5.91 Å². The zero-order valence-electron chi connectivity index (χ0n) is 19.0. The minimum atomic E-state index is -0.494. The Kier molecular flexibility index (Phi) is 5.72. The zero-order chi connectivity index (χ0) is 22.3. The smallest absolute Gasteiger partial charge is 0.338 e. The van der Waals surface area contributed by atoms with Crippen molar-refractivity contribution >= 4 is 17.8 Å². The van der Waals surface area contributed by atoms with Gasteiger partial charge in [-0.25, -0.2) is 4.79 Å². The first-order valence-corrected chi connectivity index (χ1v) is 12.2. The molecule has 4 bridgehead atoms. The SMILES string of the molecule is CC(NC(=O)COC(=O)c1ccc(CN2CCCC2=O)cc1)C12CC3CC(CC(C3)C1)C2. The number of amides is 2. The topological polar surface area (TPSA) is 75.7 Å². The lowest BCUT2D eigenvalue weighted by atomic mass is 9.48. The van der Waals surface area contributed by atoms with Crippen molar-refractivity contribution in [3.63, 3.8) is 0 Å². The minimum absolute atomic E-state index is 0.120. The molecule has 4 aliphatic carbocycles. The molecule has 1 heterocycles. The van der Waals surface area contributed by atoms with Crippen LogP contribution in [-0.4, -0.2) is 41.9 Å². The van der Waals surface area contributed by atoms with Crippen LogP contribution in [0.5, 0.6) is 0 Å². The van der Waals surface area contributed by atoms with Crippen molar-refractivity contribution in [3.8, 4) is 0 Å². The third-order valence-electron chi connectivity index (χ3n) is 8.45. The molecule has 1 aromatic rings. The van der Waals surface area contributed by atoms with E-state index >= 15 is 0 Å². The van der Waals surface area contributed by atoms with Crippen molar-refractivity contribution in [2.24, 2.45) is 23.2 Å². The van der Waals surface area contributed by atoms with Crippen molar-refractivity contribution in [1.82, 2.24) is 10.2 Å². The van der Waals surface area contributed by atoms with E-state index in [4.69, 9.17) is 4.74 Å². The Bertz CT molecular complexity index is 858. The Balaban J connectivity index is 1.10. The molecule has 1 unspecified atom stereocenters. The van der Waals surface area contributed by atoms with Gasteiger partial charge in [-0.1, -0.05) is 12.1 Å². The van der Waals surface area contributed by atoms with Crippen molar-refractivity contribution in [3.05, 3.63) is 35.4 Å². The van der Waals surface area contributed by atoms with Gasteiger partial charge in [-0.2, -0.15) is 0 Å². The molecule has 1 aliphatic heterocycles. The van der Waals surface area contributed by atoms with E-state index < -0.39 is 5.97 Å². The molecule has 0 aromatic heterocycles. The Labute approximate surface area is 190 Å². The number of nitrogens with zero attached hydrogens (tertiary/aromatic N) is 1. The summed E-state index contributed by atoms with van der Waals surface area (Å²) in [5.74, 6) is 1.99. The standard InChI is InChI=1S/C26H34N2O4/c1-17(26-12-19-9-20(13-26)11-21(10-19)14-26)27-23(29)16-32-25(31)22-6-4-18(5-7-22)15-28-8-2-3-24(28)30/h4-7,17,19-21H,2-3,8-16H2,1H3,(H,27,29). The maximum Gasteiger partial charge on any atom is 0.338 e. The molecule has 1 atom stereocenters. The van der Waals surface area contributed by atoms with E-state index in [-0.39, 0.29) is 29.9 Å². The van der Waals surface area contributed by atoms with Crippen LogP contribution in [0.15, 0.2) is 24.3 Å². The van der Waals surface area contributed by atoms with Gasteiger partial charge in [-0.3, -0.25) is 9.59 Å². The van der Waals surface area contributed by atoms with Crippen LogP contribution < -0.4 is 5.32 Å². The molecule has 172 valence electrons. The number of rotatable bonds is 7. The van der Waals surface area contributed by atoms with E-state index in [1.807, 2.05) is 17.0 Å². The number of benzene rings is 1. The number of esters is 1. The molecule has 0 spiro atoms. The summed E-state index contributed by atoms with van der Waals surface area (Å²) in [5, 5.41) is 3.14. The molecule has 6 rings (SSSR count). The van der Waals surface area contributed by atoms with Crippen LogP contribution in [0.3, 0.4) is 0 Å². The summed E-state index contributed by atoms with van der Waals surface area (Å²) in [4.78, 5) is 38.5. The van der Waals surface area contributed by atoms with Gasteiger partial charge in [0.1, 0.15) is 0 Å². The second kappa shape index (κ2) is 8.53. The number of hydrogen-bond donors (Lipinski definition) is 1. The van der Waals surface area contributed by atoms with E-state index in [2.05, 4.69) is 12.2 Å². The van der Waals surface area contributed by atoms with E-state index in [0.29, 0.717) is 18.5 Å². The molecule has 1 saturated heterocycles. The second-order valence-electron chi connectivity index (χ2n) is 10.8. The maximum atomic E-state index is 12.5. The fourth-order valence-corrected chi connectivity index (χ4v) is 7.20. The highest BCUT2D eigenvalue weighted by molar-refractivity contribution is 5.91. The number of ether oxygens (including phenoxy) is 1. The monoisotopic (exact) mass is 438 g/mol. The van der Waals surface area contributed by atoms with Crippen LogP contribution in [0, 0.1) is 23.2 Å². The van der Waals surface area contributed by atoms with Gasteiger partial charge in [0, 0.05) is 25.6 Å². The Morgan fingerprint density at radius 2 is 1.72 bits per heavy atom. The molecule has 32 heavy (non-hydrogen) atoms. The molecular weight excluding hydrogens is 404 g/mol. The van der Waals surface area contributed by atoms with Crippen molar-refractivity contribution in [1.29, 1.82) is 0 Å². The first kappa shape index (κ1) is 21.5. The van der Waals surface area contributed by atoms with Gasteiger partial charge < -0.3 is 15.0 Å². The Hall–Kier alpha value is -2.37. The molecule has 1 aromatic carbocycles. The van der Waals surface area contributed by atoms with Gasteiger partial charge in [0.15, 0.2) is 6.61 Å². The van der Waals surface area contributed by atoms with Crippen LogP contribution in [0.25, 0.3) is 0 Å². The normalized spacial score (nSPS) is 31.6. The summed E-state index contributed by atoms with van der Waals surface area (Å²) in [5.41, 5.74) is 1.64. The predicted octanol–water partition coefficient (Wildman–Crippen LogP) is 3.69. The predicted molar refractivity (Wildman–Crippen MR) is 120 cm³/mol. The van der Waals surface area contributed by atoms with Gasteiger partial charge in [-0.05, 0) is 92.7 Å². The summed E-state index contributed by atoms with van der Waals surface area (Å²) in [6, 6.07) is 7.21. The average Bonchev–Trinajstić information content (AvgIpc) is 3.16. The zero-order valence-corrected chi connectivity index (χ0v) is 19.0. The summed E-state index contributed by atoms with van der Waals surface area (Å²) in [6.07, 6.45) is 9.36. The van der Waals surface area contributed by atoms with Crippen LogP contribution in [-0.2, 0) is 20.9 Å². The molecule has 4 saturated carbocycles. The molecule has 2 amide bonds. The highest BCUT2D eigenvalue weighted by atomic mass is 16.5. The third kappa shape index (κ3) is 4.28. The summed E-state index contributed by atoms with van der Waals surface area (Å²) >= 11 is 0. The molecule has 5 aliphatic rings. The van der Waals surface area contributed by atoms with Crippen molar-refractivity contribution in [2.45, 2.75) is 70.9 Å².